The molecule has 1 aromatic carbocycles. The summed E-state index contributed by atoms with van der Waals surface area (Å²) in [5.74, 6) is -1.69. The van der Waals surface area contributed by atoms with Gasteiger partial charge in [0.05, 0.1) is 0 Å². The second-order valence-electron chi connectivity index (χ2n) is 7.01. The van der Waals surface area contributed by atoms with E-state index in [2.05, 4.69) is 0 Å². The minimum atomic E-state index is -0.730. The smallest absolute Gasteiger partial charge is 0.306 e. The first-order chi connectivity index (χ1) is 13.9. The molecule has 1 saturated heterocycles. The maximum Gasteiger partial charge on any atom is 0.306 e. The van der Waals surface area contributed by atoms with E-state index in [1.165, 1.54) is 21.6 Å². The van der Waals surface area contributed by atoms with E-state index in [4.69, 9.17) is 9.47 Å². The van der Waals surface area contributed by atoms with Crippen LogP contribution in [0, 0.1) is 5.82 Å². The Balaban J connectivity index is 1.57. The molecule has 1 N–H and O–H groups in total. The van der Waals surface area contributed by atoms with Crippen molar-refractivity contribution in [3.63, 3.8) is 0 Å². The van der Waals surface area contributed by atoms with Crippen molar-refractivity contribution >= 4 is 11.9 Å². The Kier molecular flexibility index (Phi) is 4.96. The predicted molar refractivity (Wildman–Crippen MR) is 98.1 cm³/mol. The van der Waals surface area contributed by atoms with Gasteiger partial charge in [-0.15, -0.1) is 0 Å². The van der Waals surface area contributed by atoms with Gasteiger partial charge < -0.3 is 24.0 Å². The molecule has 0 saturated carbocycles. The lowest BCUT2D eigenvalue weighted by Gasteiger charge is -2.31. The molecule has 0 radical (unpaired) electrons. The minimum Gasteiger partial charge on any atom is -0.503 e. The van der Waals surface area contributed by atoms with Gasteiger partial charge in [0.25, 0.3) is 5.91 Å². The number of benzene rings is 1. The van der Waals surface area contributed by atoms with E-state index in [-0.39, 0.29) is 36.5 Å². The molecule has 152 valence electrons. The van der Waals surface area contributed by atoms with Crippen molar-refractivity contribution in [1.29, 1.82) is 0 Å². The lowest BCUT2D eigenvalue weighted by molar-refractivity contribution is -0.142. The van der Waals surface area contributed by atoms with E-state index in [9.17, 15) is 23.9 Å². The molecular weight excluding hydrogens is 383 g/mol. The molecule has 2 aliphatic heterocycles. The van der Waals surface area contributed by atoms with Crippen LogP contribution < -0.4 is 10.2 Å². The molecule has 9 heteroatoms. The Bertz CT molecular complexity index is 1020. The summed E-state index contributed by atoms with van der Waals surface area (Å²) >= 11 is 0. The summed E-state index contributed by atoms with van der Waals surface area (Å²) < 4.78 is 25.3. The van der Waals surface area contributed by atoms with E-state index >= 15 is 0 Å². The van der Waals surface area contributed by atoms with Crippen molar-refractivity contribution in [1.82, 2.24) is 9.47 Å². The fourth-order valence-electron chi connectivity index (χ4n) is 3.48. The number of esters is 1. The van der Waals surface area contributed by atoms with Crippen molar-refractivity contribution in [3.8, 4) is 11.6 Å². The summed E-state index contributed by atoms with van der Waals surface area (Å²) in [4.78, 5) is 37.8. The largest absolute Gasteiger partial charge is 0.503 e. The third-order valence-corrected chi connectivity index (χ3v) is 5.00. The number of amides is 1. The van der Waals surface area contributed by atoms with E-state index in [0.717, 1.165) is 11.6 Å². The summed E-state index contributed by atoms with van der Waals surface area (Å²) in [5, 5.41) is 10.2. The number of pyridine rings is 1. The Labute approximate surface area is 165 Å². The SMILES string of the molecule is O=C1CC[C@@H](COc2cc(=O)c(O)c3n2CCN(Cc2ccc(F)cc2)C3=O)O1. The van der Waals surface area contributed by atoms with Gasteiger partial charge in [-0.05, 0) is 24.1 Å². The lowest BCUT2D eigenvalue weighted by Crippen LogP contribution is -2.41. The number of fused-ring (bicyclic) bond motifs is 1. The fraction of sp³-hybridized carbons (Fsp3) is 0.350. The van der Waals surface area contributed by atoms with Crippen LogP contribution in [-0.4, -0.2) is 45.7 Å². The van der Waals surface area contributed by atoms with Crippen molar-refractivity contribution in [2.24, 2.45) is 0 Å². The van der Waals surface area contributed by atoms with Crippen LogP contribution in [-0.2, 0) is 22.6 Å². The maximum atomic E-state index is 13.1. The first-order valence-electron chi connectivity index (χ1n) is 9.25. The van der Waals surface area contributed by atoms with Crippen molar-refractivity contribution in [3.05, 3.63) is 57.6 Å². The van der Waals surface area contributed by atoms with Crippen molar-refractivity contribution in [2.45, 2.75) is 32.0 Å². The van der Waals surface area contributed by atoms with Gasteiger partial charge in [-0.3, -0.25) is 14.4 Å². The zero-order valence-corrected chi connectivity index (χ0v) is 15.5. The molecule has 1 aromatic heterocycles. The highest BCUT2D eigenvalue weighted by Gasteiger charge is 2.31. The van der Waals surface area contributed by atoms with Crippen LogP contribution in [0.4, 0.5) is 4.39 Å². The zero-order valence-electron chi connectivity index (χ0n) is 15.5. The summed E-state index contributed by atoms with van der Waals surface area (Å²) in [7, 11) is 0. The summed E-state index contributed by atoms with van der Waals surface area (Å²) in [5.41, 5.74) is -0.151. The number of aromatic nitrogens is 1. The number of nitrogens with zero attached hydrogens (tertiary/aromatic N) is 2. The molecule has 4 rings (SSSR count). The van der Waals surface area contributed by atoms with Gasteiger partial charge in [-0.25, -0.2) is 4.39 Å². The Morgan fingerprint density at radius 2 is 1.93 bits per heavy atom. The lowest BCUT2D eigenvalue weighted by atomic mass is 10.1. The highest BCUT2D eigenvalue weighted by molar-refractivity contribution is 5.96. The van der Waals surface area contributed by atoms with Crippen molar-refractivity contribution < 1.29 is 28.6 Å². The molecule has 29 heavy (non-hydrogen) atoms. The number of carbonyl (C=O) groups is 2. The molecule has 0 aliphatic carbocycles. The van der Waals surface area contributed by atoms with E-state index in [1.807, 2.05) is 0 Å². The number of rotatable bonds is 5. The number of hydrogen-bond donors (Lipinski definition) is 1. The van der Waals surface area contributed by atoms with E-state index in [1.54, 1.807) is 12.1 Å². The zero-order chi connectivity index (χ0) is 20.5. The van der Waals surface area contributed by atoms with Crippen LogP contribution in [0.15, 0.2) is 35.1 Å². The van der Waals surface area contributed by atoms with Crippen LogP contribution in [0.1, 0.15) is 28.9 Å². The quantitative estimate of drug-likeness (QED) is 0.760. The molecule has 0 unspecified atom stereocenters. The molecule has 0 spiro atoms. The number of ether oxygens (including phenoxy) is 2. The second kappa shape index (κ2) is 7.57. The van der Waals surface area contributed by atoms with E-state index < -0.39 is 23.2 Å². The second-order valence-corrected chi connectivity index (χ2v) is 7.01. The molecule has 1 fully saturated rings. The summed E-state index contributed by atoms with van der Waals surface area (Å²) in [6.45, 7) is 0.898. The van der Waals surface area contributed by atoms with Crippen LogP contribution in [0.25, 0.3) is 0 Å². The van der Waals surface area contributed by atoms with Crippen LogP contribution in [0.5, 0.6) is 11.6 Å². The molecule has 2 aliphatic rings. The number of aromatic hydroxyl groups is 1. The third kappa shape index (κ3) is 3.80. The van der Waals surface area contributed by atoms with Gasteiger partial charge in [0, 0.05) is 32.1 Å². The van der Waals surface area contributed by atoms with Gasteiger partial charge in [0.15, 0.2) is 17.3 Å². The predicted octanol–water partition coefficient (Wildman–Crippen LogP) is 1.43. The van der Waals surface area contributed by atoms with Crippen molar-refractivity contribution in [2.75, 3.05) is 13.2 Å². The monoisotopic (exact) mass is 402 g/mol. The average molecular weight is 402 g/mol. The first kappa shape index (κ1) is 19.0. The molecule has 0 bridgehead atoms. The Hall–Kier alpha value is -3.36. The number of carbonyl (C=O) groups excluding carboxylic acids is 2. The van der Waals surface area contributed by atoms with E-state index in [0.29, 0.717) is 25.9 Å². The molecular formula is C20H19FN2O6. The highest BCUT2D eigenvalue weighted by atomic mass is 19.1. The number of halogens is 1. The molecule has 3 heterocycles. The van der Waals surface area contributed by atoms with Crippen LogP contribution in [0.2, 0.25) is 0 Å². The Morgan fingerprint density at radius 1 is 1.17 bits per heavy atom. The average Bonchev–Trinajstić information content (AvgIpc) is 3.12. The molecule has 2 aromatic rings. The highest BCUT2D eigenvalue weighted by Crippen LogP contribution is 2.26. The fourth-order valence-corrected chi connectivity index (χ4v) is 3.48. The summed E-state index contributed by atoms with van der Waals surface area (Å²) in [6.07, 6.45) is 0.438. The normalized spacial score (nSPS) is 18.5. The Morgan fingerprint density at radius 3 is 2.62 bits per heavy atom. The topological polar surface area (TPSA) is 98.1 Å². The number of cyclic esters (lactones) is 1. The standard InChI is InChI=1S/C20H19FN2O6/c21-13-3-1-12(2-4-13)10-22-7-8-23-16(28-11-14-5-6-17(25)29-14)9-15(24)19(26)18(23)20(22)27/h1-4,9,14,26H,5-8,10-11H2/t14-/m0/s1. The van der Waals surface area contributed by atoms with Gasteiger partial charge in [0.2, 0.25) is 5.43 Å². The molecule has 1 amide bonds. The van der Waals surface area contributed by atoms with Gasteiger partial charge in [0.1, 0.15) is 18.5 Å². The number of hydrogen-bond acceptors (Lipinski definition) is 6. The maximum absolute atomic E-state index is 13.1. The minimum absolute atomic E-state index is 0.0584. The third-order valence-electron chi connectivity index (χ3n) is 5.00. The van der Waals surface area contributed by atoms with Crippen LogP contribution in [0.3, 0.4) is 0 Å². The molecule has 8 nitrogen and oxygen atoms in total. The van der Waals surface area contributed by atoms with Gasteiger partial charge in [-0.2, -0.15) is 0 Å². The van der Waals surface area contributed by atoms with Crippen LogP contribution >= 0.6 is 0 Å². The summed E-state index contributed by atoms with van der Waals surface area (Å²) in [6, 6.07) is 6.89. The molecule has 1 atom stereocenters. The first-order valence-corrected chi connectivity index (χ1v) is 9.25. The van der Waals surface area contributed by atoms with Gasteiger partial charge in [-0.1, -0.05) is 12.1 Å². The van der Waals surface area contributed by atoms with Gasteiger partial charge >= 0.3 is 5.97 Å².